The van der Waals surface area contributed by atoms with Gasteiger partial charge >= 0.3 is 0 Å². The van der Waals surface area contributed by atoms with Crippen molar-refractivity contribution in [2.75, 3.05) is 13.1 Å². The number of halogens is 1. The Labute approximate surface area is 145 Å². The van der Waals surface area contributed by atoms with E-state index < -0.39 is 10.0 Å². The molecule has 0 aromatic heterocycles. The molecule has 0 amide bonds. The normalized spacial score (nSPS) is 14.8. The number of aryl methyl sites for hydroxylation is 1. The first-order chi connectivity index (χ1) is 11.5. The van der Waals surface area contributed by atoms with Crippen molar-refractivity contribution in [3.63, 3.8) is 0 Å². The molecule has 0 spiro atoms. The van der Waals surface area contributed by atoms with E-state index in [0.717, 1.165) is 11.1 Å². The van der Waals surface area contributed by atoms with Gasteiger partial charge in [-0.2, -0.15) is 0 Å². The largest absolute Gasteiger partial charge is 0.265 e. The van der Waals surface area contributed by atoms with E-state index >= 15 is 0 Å². The van der Waals surface area contributed by atoms with Crippen LogP contribution in [0.3, 0.4) is 0 Å². The molecule has 1 heterocycles. The fourth-order valence-electron chi connectivity index (χ4n) is 2.32. The predicted molar refractivity (Wildman–Crippen MR) is 95.1 cm³/mol. The van der Waals surface area contributed by atoms with Gasteiger partial charge < -0.3 is 0 Å². The topological polar surface area (TPSA) is 49.7 Å². The summed E-state index contributed by atoms with van der Waals surface area (Å²) in [7, 11) is -3.59. The summed E-state index contributed by atoms with van der Waals surface area (Å²) in [6.45, 7) is 2.72. The Balaban J connectivity index is 1.75. The number of thioether (sulfide) groups is 1. The number of hydrogen-bond acceptors (Lipinski definition) is 4. The van der Waals surface area contributed by atoms with Crippen LogP contribution in [0, 0.1) is 12.7 Å². The molecule has 24 heavy (non-hydrogen) atoms. The standard InChI is InChI=1S/C17H17FN2O2S2/c1-13-2-8-16(9-3-13)24(21,22)20-11-10-19-17(20)23-12-14-4-6-15(18)7-5-14/h2-9H,10-12H2,1H3. The Bertz CT molecular complexity index is 847. The minimum absolute atomic E-state index is 0.269. The molecule has 0 saturated heterocycles. The van der Waals surface area contributed by atoms with Crippen molar-refractivity contribution >= 4 is 27.0 Å². The average Bonchev–Trinajstić information content (AvgIpc) is 3.04. The zero-order valence-corrected chi connectivity index (χ0v) is 14.8. The van der Waals surface area contributed by atoms with Crippen LogP contribution in [0.25, 0.3) is 0 Å². The lowest BCUT2D eigenvalue weighted by molar-refractivity contribution is 0.540. The van der Waals surface area contributed by atoms with Crippen molar-refractivity contribution in [1.29, 1.82) is 0 Å². The van der Waals surface area contributed by atoms with Crippen LogP contribution in [0.5, 0.6) is 0 Å². The third-order valence-electron chi connectivity index (χ3n) is 3.65. The monoisotopic (exact) mass is 364 g/mol. The van der Waals surface area contributed by atoms with Gasteiger partial charge in [-0.3, -0.25) is 4.99 Å². The lowest BCUT2D eigenvalue weighted by Gasteiger charge is -2.20. The highest BCUT2D eigenvalue weighted by Crippen LogP contribution is 2.26. The van der Waals surface area contributed by atoms with Gasteiger partial charge in [-0.05, 0) is 36.8 Å². The van der Waals surface area contributed by atoms with E-state index in [9.17, 15) is 12.8 Å². The van der Waals surface area contributed by atoms with Gasteiger partial charge in [0.2, 0.25) is 0 Å². The smallest absolute Gasteiger partial charge is 0.260 e. The first-order valence-electron chi connectivity index (χ1n) is 7.48. The molecule has 0 unspecified atom stereocenters. The number of amidine groups is 1. The molecule has 0 atom stereocenters. The van der Waals surface area contributed by atoms with Crippen LogP contribution in [0.2, 0.25) is 0 Å². The molecule has 2 aromatic rings. The lowest BCUT2D eigenvalue weighted by Crippen LogP contribution is -2.32. The van der Waals surface area contributed by atoms with Gasteiger partial charge in [0, 0.05) is 5.75 Å². The fourth-order valence-corrected chi connectivity index (χ4v) is 5.00. The Morgan fingerprint density at radius 1 is 1.12 bits per heavy atom. The van der Waals surface area contributed by atoms with E-state index in [4.69, 9.17) is 0 Å². The molecule has 0 fully saturated rings. The highest BCUT2D eigenvalue weighted by atomic mass is 32.2. The quantitative estimate of drug-likeness (QED) is 0.835. The minimum atomic E-state index is -3.59. The number of sulfonamides is 1. The van der Waals surface area contributed by atoms with Crippen LogP contribution in [-0.4, -0.2) is 31.0 Å². The van der Waals surface area contributed by atoms with Crippen molar-refractivity contribution in [3.8, 4) is 0 Å². The summed E-state index contributed by atoms with van der Waals surface area (Å²) < 4.78 is 39.9. The maximum Gasteiger partial charge on any atom is 0.265 e. The number of nitrogens with zero attached hydrogens (tertiary/aromatic N) is 2. The van der Waals surface area contributed by atoms with E-state index in [1.807, 2.05) is 6.92 Å². The molecule has 2 aromatic carbocycles. The van der Waals surface area contributed by atoms with E-state index in [1.54, 1.807) is 36.4 Å². The van der Waals surface area contributed by atoms with Gasteiger partial charge in [-0.1, -0.05) is 41.6 Å². The summed E-state index contributed by atoms with van der Waals surface area (Å²) in [5, 5.41) is 0.486. The number of aliphatic imine (C=N–C) groups is 1. The zero-order valence-electron chi connectivity index (χ0n) is 13.1. The molecule has 1 aliphatic heterocycles. The predicted octanol–water partition coefficient (Wildman–Crippen LogP) is 3.43. The summed E-state index contributed by atoms with van der Waals surface area (Å²) >= 11 is 1.35. The highest BCUT2D eigenvalue weighted by molar-refractivity contribution is 8.14. The number of hydrogen-bond donors (Lipinski definition) is 0. The van der Waals surface area contributed by atoms with Gasteiger partial charge in [0.25, 0.3) is 10.0 Å². The summed E-state index contributed by atoms with van der Waals surface area (Å²) in [6, 6.07) is 13.0. The van der Waals surface area contributed by atoms with Crippen LogP contribution < -0.4 is 0 Å². The molecular weight excluding hydrogens is 347 g/mol. The maximum absolute atomic E-state index is 12.9. The molecule has 1 aliphatic rings. The lowest BCUT2D eigenvalue weighted by atomic mass is 10.2. The van der Waals surface area contributed by atoms with Crippen molar-refractivity contribution in [2.45, 2.75) is 17.6 Å². The van der Waals surface area contributed by atoms with Crippen molar-refractivity contribution in [3.05, 3.63) is 65.5 Å². The molecular formula is C17H17FN2O2S2. The van der Waals surface area contributed by atoms with E-state index in [1.165, 1.54) is 28.2 Å². The molecule has 0 N–H and O–H groups in total. The minimum Gasteiger partial charge on any atom is -0.260 e. The summed E-state index contributed by atoms with van der Waals surface area (Å²) in [6.07, 6.45) is 0. The van der Waals surface area contributed by atoms with Gasteiger partial charge in [0.15, 0.2) is 5.17 Å². The van der Waals surface area contributed by atoms with Crippen LogP contribution >= 0.6 is 11.8 Å². The third-order valence-corrected chi connectivity index (χ3v) is 6.66. The first-order valence-corrected chi connectivity index (χ1v) is 9.90. The number of benzene rings is 2. The van der Waals surface area contributed by atoms with Crippen LogP contribution in [0.15, 0.2) is 58.4 Å². The second-order valence-electron chi connectivity index (χ2n) is 5.47. The van der Waals surface area contributed by atoms with Gasteiger partial charge in [-0.25, -0.2) is 17.1 Å². The molecule has 126 valence electrons. The highest BCUT2D eigenvalue weighted by Gasteiger charge is 2.30. The van der Waals surface area contributed by atoms with Crippen molar-refractivity contribution < 1.29 is 12.8 Å². The van der Waals surface area contributed by atoms with Gasteiger partial charge in [0.1, 0.15) is 5.82 Å². The first kappa shape index (κ1) is 17.0. The fraction of sp³-hybridized carbons (Fsp3) is 0.235. The molecule has 0 radical (unpaired) electrons. The maximum atomic E-state index is 12.9. The van der Waals surface area contributed by atoms with Crippen LogP contribution in [-0.2, 0) is 15.8 Å². The average molecular weight is 364 g/mol. The number of rotatable bonds is 4. The molecule has 0 aliphatic carbocycles. The Morgan fingerprint density at radius 3 is 2.46 bits per heavy atom. The SMILES string of the molecule is Cc1ccc(S(=O)(=O)N2CCN=C2SCc2ccc(F)cc2)cc1. The molecule has 0 saturated carbocycles. The molecule has 4 nitrogen and oxygen atoms in total. The Hall–Kier alpha value is -1.86. The Kier molecular flexibility index (Phi) is 4.91. The Morgan fingerprint density at radius 2 is 1.79 bits per heavy atom. The summed E-state index contributed by atoms with van der Waals surface area (Å²) in [5.74, 6) is 0.254. The molecule has 0 bridgehead atoms. The van der Waals surface area contributed by atoms with Crippen LogP contribution in [0.4, 0.5) is 4.39 Å². The zero-order chi connectivity index (χ0) is 17.2. The third kappa shape index (κ3) is 3.62. The van der Waals surface area contributed by atoms with Crippen LogP contribution in [0.1, 0.15) is 11.1 Å². The summed E-state index contributed by atoms with van der Waals surface area (Å²) in [5.41, 5.74) is 1.93. The second kappa shape index (κ2) is 6.94. The van der Waals surface area contributed by atoms with E-state index in [0.29, 0.717) is 24.0 Å². The van der Waals surface area contributed by atoms with Crippen molar-refractivity contribution in [2.24, 2.45) is 4.99 Å². The summed E-state index contributed by atoms with van der Waals surface area (Å²) in [4.78, 5) is 4.58. The second-order valence-corrected chi connectivity index (χ2v) is 8.27. The van der Waals surface area contributed by atoms with Crippen molar-refractivity contribution in [1.82, 2.24) is 4.31 Å². The van der Waals surface area contributed by atoms with Gasteiger partial charge in [-0.15, -0.1) is 0 Å². The van der Waals surface area contributed by atoms with E-state index in [-0.39, 0.29) is 10.7 Å². The van der Waals surface area contributed by atoms with E-state index in [2.05, 4.69) is 4.99 Å². The molecule has 7 heteroatoms. The molecule has 3 rings (SSSR count). The van der Waals surface area contributed by atoms with Gasteiger partial charge in [0.05, 0.1) is 18.0 Å².